The second kappa shape index (κ2) is 7.62. The predicted molar refractivity (Wildman–Crippen MR) is 98.1 cm³/mol. The molecule has 0 atom stereocenters. The number of hydrogen-bond donors (Lipinski definition) is 0. The molecular formula is C18H18N2OS2. The summed E-state index contributed by atoms with van der Waals surface area (Å²) in [5.41, 5.74) is 4.53. The monoisotopic (exact) mass is 342 g/mol. The van der Waals surface area contributed by atoms with E-state index in [4.69, 9.17) is 4.74 Å². The van der Waals surface area contributed by atoms with Gasteiger partial charge in [0.1, 0.15) is 10.8 Å². The van der Waals surface area contributed by atoms with E-state index in [9.17, 15) is 0 Å². The lowest BCUT2D eigenvalue weighted by Crippen LogP contribution is -1.92. The van der Waals surface area contributed by atoms with E-state index in [0.29, 0.717) is 0 Å². The molecule has 0 aliphatic rings. The number of hydrogen-bond acceptors (Lipinski definition) is 5. The van der Waals surface area contributed by atoms with E-state index < -0.39 is 0 Å². The van der Waals surface area contributed by atoms with Crippen LogP contribution >= 0.6 is 23.1 Å². The van der Waals surface area contributed by atoms with Crippen molar-refractivity contribution >= 4 is 23.1 Å². The highest BCUT2D eigenvalue weighted by Gasteiger charge is 2.07. The smallest absolute Gasteiger partial charge is 0.142 e. The highest BCUT2D eigenvalue weighted by atomic mass is 32.2. The second-order valence-electron chi connectivity index (χ2n) is 5.17. The molecule has 3 rings (SSSR count). The molecule has 0 bridgehead atoms. The van der Waals surface area contributed by atoms with E-state index in [0.717, 1.165) is 33.7 Å². The quantitative estimate of drug-likeness (QED) is 0.634. The first-order valence-corrected chi connectivity index (χ1v) is 9.37. The zero-order valence-electron chi connectivity index (χ0n) is 13.2. The normalized spacial score (nSPS) is 10.7. The fraction of sp³-hybridized carbons (Fsp3) is 0.222. The molecule has 5 heteroatoms. The summed E-state index contributed by atoms with van der Waals surface area (Å²) < 4.78 is 5.43. The Labute approximate surface area is 144 Å². The van der Waals surface area contributed by atoms with Crippen LogP contribution in [0.15, 0.2) is 48.0 Å². The maximum Gasteiger partial charge on any atom is 0.142 e. The van der Waals surface area contributed by atoms with Gasteiger partial charge in [-0.05, 0) is 25.1 Å². The van der Waals surface area contributed by atoms with Gasteiger partial charge in [-0.1, -0.05) is 23.8 Å². The summed E-state index contributed by atoms with van der Waals surface area (Å²) in [5, 5.41) is 3.10. The summed E-state index contributed by atoms with van der Waals surface area (Å²) in [5.74, 6) is 2.76. The molecule has 0 aliphatic carbocycles. The molecule has 0 unspecified atom stereocenters. The summed E-state index contributed by atoms with van der Waals surface area (Å²) in [6, 6.07) is 12.2. The maximum atomic E-state index is 5.43. The second-order valence-corrected chi connectivity index (χ2v) is 7.01. The van der Waals surface area contributed by atoms with Gasteiger partial charge in [0, 0.05) is 28.6 Å². The highest BCUT2D eigenvalue weighted by molar-refractivity contribution is 7.97. The van der Waals surface area contributed by atoms with Crippen LogP contribution in [0.2, 0.25) is 0 Å². The third-order valence-corrected chi connectivity index (χ3v) is 5.31. The average molecular weight is 342 g/mol. The summed E-state index contributed by atoms with van der Waals surface area (Å²) >= 11 is 3.50. The number of aromatic nitrogens is 2. The number of rotatable bonds is 6. The van der Waals surface area contributed by atoms with E-state index in [2.05, 4.69) is 34.4 Å². The summed E-state index contributed by atoms with van der Waals surface area (Å²) in [4.78, 5) is 9.02. The molecule has 1 aromatic carbocycles. The van der Waals surface area contributed by atoms with Gasteiger partial charge in [-0.2, -0.15) is 11.8 Å². The van der Waals surface area contributed by atoms with Gasteiger partial charge in [0.05, 0.1) is 18.5 Å². The molecule has 0 saturated carbocycles. The Morgan fingerprint density at radius 1 is 1.17 bits per heavy atom. The molecule has 2 aromatic heterocycles. The minimum absolute atomic E-state index is 0.889. The molecule has 0 aliphatic heterocycles. The lowest BCUT2D eigenvalue weighted by molar-refractivity contribution is 0.411. The molecule has 118 valence electrons. The van der Waals surface area contributed by atoms with Crippen molar-refractivity contribution in [2.75, 3.05) is 7.11 Å². The maximum absolute atomic E-state index is 5.43. The third kappa shape index (κ3) is 4.12. The molecule has 3 aromatic rings. The number of thiazole rings is 1. The Bertz CT molecular complexity index is 772. The SMILES string of the molecule is COc1ccc(C)cc1CSCc1csc(-c2ccccn2)n1. The fourth-order valence-corrected chi connectivity index (χ4v) is 4.07. The largest absolute Gasteiger partial charge is 0.496 e. The molecule has 0 spiro atoms. The van der Waals surface area contributed by atoms with Crippen LogP contribution in [-0.4, -0.2) is 17.1 Å². The lowest BCUT2D eigenvalue weighted by atomic mass is 10.1. The average Bonchev–Trinajstić information content (AvgIpc) is 3.05. The molecule has 2 heterocycles. The fourth-order valence-electron chi connectivity index (χ4n) is 2.27. The molecule has 0 saturated heterocycles. The number of thioether (sulfide) groups is 1. The van der Waals surface area contributed by atoms with E-state index in [1.165, 1.54) is 11.1 Å². The highest BCUT2D eigenvalue weighted by Crippen LogP contribution is 2.28. The zero-order valence-corrected chi connectivity index (χ0v) is 14.8. The number of ether oxygens (including phenoxy) is 1. The molecule has 0 radical (unpaired) electrons. The van der Waals surface area contributed by atoms with E-state index >= 15 is 0 Å². The Kier molecular flexibility index (Phi) is 5.31. The van der Waals surface area contributed by atoms with Crippen molar-refractivity contribution in [1.82, 2.24) is 9.97 Å². The van der Waals surface area contributed by atoms with E-state index in [1.807, 2.05) is 36.0 Å². The van der Waals surface area contributed by atoms with Gasteiger partial charge in [-0.25, -0.2) is 4.98 Å². The minimum atomic E-state index is 0.889. The van der Waals surface area contributed by atoms with Crippen LogP contribution in [0.25, 0.3) is 10.7 Å². The first kappa shape index (κ1) is 16.0. The molecule has 0 amide bonds. The first-order chi connectivity index (χ1) is 11.3. The van der Waals surface area contributed by atoms with Gasteiger partial charge in [-0.15, -0.1) is 11.3 Å². The van der Waals surface area contributed by atoms with Crippen LogP contribution in [0.5, 0.6) is 5.75 Å². The molecule has 23 heavy (non-hydrogen) atoms. The van der Waals surface area contributed by atoms with Crippen LogP contribution in [0.3, 0.4) is 0 Å². The van der Waals surface area contributed by atoms with Gasteiger partial charge < -0.3 is 4.74 Å². The Morgan fingerprint density at radius 3 is 2.87 bits per heavy atom. The van der Waals surface area contributed by atoms with Crippen molar-refractivity contribution in [3.8, 4) is 16.5 Å². The number of methoxy groups -OCH3 is 1. The summed E-state index contributed by atoms with van der Waals surface area (Å²) in [7, 11) is 1.72. The summed E-state index contributed by atoms with van der Waals surface area (Å²) in [6.45, 7) is 2.10. The van der Waals surface area contributed by atoms with Crippen molar-refractivity contribution in [3.05, 3.63) is 64.8 Å². The van der Waals surface area contributed by atoms with Crippen LogP contribution in [0.4, 0.5) is 0 Å². The number of benzene rings is 1. The van der Waals surface area contributed by atoms with Crippen LogP contribution in [0.1, 0.15) is 16.8 Å². The Hall–Kier alpha value is -1.85. The lowest BCUT2D eigenvalue weighted by Gasteiger charge is -2.08. The van der Waals surface area contributed by atoms with Gasteiger partial charge in [0.15, 0.2) is 0 Å². The molecule has 0 fully saturated rings. The van der Waals surface area contributed by atoms with Crippen molar-refractivity contribution < 1.29 is 4.74 Å². The number of aryl methyl sites for hydroxylation is 1. The van der Waals surface area contributed by atoms with Crippen LogP contribution in [-0.2, 0) is 11.5 Å². The van der Waals surface area contributed by atoms with E-state index in [-0.39, 0.29) is 0 Å². The summed E-state index contributed by atoms with van der Waals surface area (Å²) in [6.07, 6.45) is 1.80. The number of pyridine rings is 1. The van der Waals surface area contributed by atoms with Gasteiger partial charge >= 0.3 is 0 Å². The van der Waals surface area contributed by atoms with Crippen molar-refractivity contribution in [2.45, 2.75) is 18.4 Å². The van der Waals surface area contributed by atoms with Gasteiger partial charge in [0.25, 0.3) is 0 Å². The van der Waals surface area contributed by atoms with Crippen molar-refractivity contribution in [3.63, 3.8) is 0 Å². The molecule has 0 N–H and O–H groups in total. The Morgan fingerprint density at radius 2 is 2.09 bits per heavy atom. The van der Waals surface area contributed by atoms with Crippen molar-refractivity contribution in [2.24, 2.45) is 0 Å². The zero-order chi connectivity index (χ0) is 16.1. The first-order valence-electron chi connectivity index (χ1n) is 7.33. The van der Waals surface area contributed by atoms with Gasteiger partial charge in [0.2, 0.25) is 0 Å². The van der Waals surface area contributed by atoms with Crippen molar-refractivity contribution in [1.29, 1.82) is 0 Å². The topological polar surface area (TPSA) is 35.0 Å². The Balaban J connectivity index is 1.62. The molecule has 3 nitrogen and oxygen atoms in total. The predicted octanol–water partition coefficient (Wildman–Crippen LogP) is 4.96. The third-order valence-electron chi connectivity index (χ3n) is 3.38. The minimum Gasteiger partial charge on any atom is -0.496 e. The van der Waals surface area contributed by atoms with Crippen LogP contribution < -0.4 is 4.74 Å². The number of nitrogens with zero attached hydrogens (tertiary/aromatic N) is 2. The molecular weight excluding hydrogens is 324 g/mol. The standard InChI is InChI=1S/C18H18N2OS2/c1-13-6-7-17(21-2)14(9-13)10-22-11-15-12-23-18(20-15)16-5-3-4-8-19-16/h3-9,12H,10-11H2,1-2H3. The van der Waals surface area contributed by atoms with E-state index in [1.54, 1.807) is 24.6 Å². The van der Waals surface area contributed by atoms with Crippen LogP contribution in [0, 0.1) is 6.92 Å². The van der Waals surface area contributed by atoms with Gasteiger partial charge in [-0.3, -0.25) is 4.98 Å².